The van der Waals surface area contributed by atoms with Crippen LogP contribution in [-0.2, 0) is 19.1 Å². The number of phenolic OH excluding ortho intramolecular Hbond substituents is 1. The Morgan fingerprint density at radius 2 is 1.76 bits per heavy atom. The lowest BCUT2D eigenvalue weighted by Gasteiger charge is -2.21. The van der Waals surface area contributed by atoms with Gasteiger partial charge < -0.3 is 14.6 Å². The number of carbonyl (C=O) groups is 2. The minimum absolute atomic E-state index is 0.106. The molecule has 0 spiro atoms. The largest absolute Gasteiger partial charge is 0.508 e. The van der Waals surface area contributed by atoms with E-state index in [9.17, 15) is 24.8 Å². The number of hydrogen-bond donors (Lipinski definition) is 1. The third kappa shape index (κ3) is 3.91. The van der Waals surface area contributed by atoms with Crippen molar-refractivity contribution >= 4 is 11.9 Å². The molecule has 8 heteroatoms. The van der Waals surface area contributed by atoms with Crippen LogP contribution in [0.25, 0.3) is 0 Å². The van der Waals surface area contributed by atoms with Gasteiger partial charge in [-0.3, -0.25) is 19.7 Å². The molecule has 21 heavy (non-hydrogen) atoms. The van der Waals surface area contributed by atoms with Gasteiger partial charge in [-0.25, -0.2) is 0 Å². The summed E-state index contributed by atoms with van der Waals surface area (Å²) in [5.74, 6) is -4.89. The van der Waals surface area contributed by atoms with E-state index in [1.54, 1.807) is 0 Å². The molecule has 0 saturated heterocycles. The van der Waals surface area contributed by atoms with E-state index in [0.29, 0.717) is 0 Å². The van der Waals surface area contributed by atoms with Gasteiger partial charge in [0.15, 0.2) is 5.92 Å². The molecular weight excluding hydrogens is 282 g/mol. The molecule has 1 N–H and O–H groups in total. The van der Waals surface area contributed by atoms with Gasteiger partial charge in [0.1, 0.15) is 5.75 Å². The van der Waals surface area contributed by atoms with Crippen molar-refractivity contribution in [2.75, 3.05) is 20.8 Å². The van der Waals surface area contributed by atoms with Crippen molar-refractivity contribution in [3.8, 4) is 5.75 Å². The van der Waals surface area contributed by atoms with Crippen molar-refractivity contribution in [2.24, 2.45) is 5.92 Å². The molecule has 8 nitrogen and oxygen atoms in total. The molecule has 1 aromatic carbocycles. The molecule has 0 radical (unpaired) electrons. The van der Waals surface area contributed by atoms with E-state index in [0.717, 1.165) is 14.2 Å². The van der Waals surface area contributed by atoms with E-state index in [4.69, 9.17) is 0 Å². The number of methoxy groups -OCH3 is 2. The molecule has 1 aromatic rings. The molecule has 0 unspecified atom stereocenters. The van der Waals surface area contributed by atoms with Crippen LogP contribution in [0.4, 0.5) is 0 Å². The number of phenols is 1. The Labute approximate surface area is 120 Å². The minimum atomic E-state index is -1.53. The first-order valence-corrected chi connectivity index (χ1v) is 5.97. The van der Waals surface area contributed by atoms with E-state index >= 15 is 0 Å². The van der Waals surface area contributed by atoms with Gasteiger partial charge in [-0.15, -0.1) is 0 Å². The van der Waals surface area contributed by atoms with Gasteiger partial charge in [0.25, 0.3) is 0 Å². The van der Waals surface area contributed by atoms with E-state index in [2.05, 4.69) is 9.47 Å². The Morgan fingerprint density at radius 3 is 2.19 bits per heavy atom. The quantitative estimate of drug-likeness (QED) is 0.356. The van der Waals surface area contributed by atoms with Gasteiger partial charge in [-0.05, 0) is 6.07 Å². The second kappa shape index (κ2) is 7.22. The number of esters is 2. The predicted octanol–water partition coefficient (Wildman–Crippen LogP) is 0.715. The number of hydrogen-bond acceptors (Lipinski definition) is 7. The summed E-state index contributed by atoms with van der Waals surface area (Å²) in [6.07, 6.45) is 0. The van der Waals surface area contributed by atoms with Crippen LogP contribution >= 0.6 is 0 Å². The molecule has 0 amide bonds. The fraction of sp³-hybridized carbons (Fsp3) is 0.385. The van der Waals surface area contributed by atoms with E-state index < -0.39 is 35.2 Å². The number of nitro groups is 1. The van der Waals surface area contributed by atoms with E-state index in [1.807, 2.05) is 0 Å². The Hall–Kier alpha value is -2.64. The first-order valence-electron chi connectivity index (χ1n) is 5.97. The van der Waals surface area contributed by atoms with Gasteiger partial charge in [0.2, 0.25) is 6.54 Å². The maximum absolute atomic E-state index is 11.8. The lowest BCUT2D eigenvalue weighted by molar-refractivity contribution is -0.484. The number of ether oxygens (including phenoxy) is 2. The smallest absolute Gasteiger partial charge is 0.320 e. The molecule has 0 aromatic heterocycles. The number of nitrogens with zero attached hydrogens (tertiary/aromatic N) is 1. The molecule has 0 saturated carbocycles. The van der Waals surface area contributed by atoms with Crippen LogP contribution in [0, 0.1) is 16.0 Å². The zero-order valence-corrected chi connectivity index (χ0v) is 11.5. The van der Waals surface area contributed by atoms with Crippen molar-refractivity contribution in [3.63, 3.8) is 0 Å². The zero-order chi connectivity index (χ0) is 16.0. The summed E-state index contributed by atoms with van der Waals surface area (Å²) < 4.78 is 9.03. The number of benzene rings is 1. The summed E-state index contributed by atoms with van der Waals surface area (Å²) in [6, 6.07) is 5.78. The Kier molecular flexibility index (Phi) is 5.65. The normalized spacial score (nSPS) is 11.8. The minimum Gasteiger partial charge on any atom is -0.508 e. The molecule has 0 aliphatic heterocycles. The van der Waals surface area contributed by atoms with Crippen LogP contribution in [-0.4, -0.2) is 42.7 Å². The summed E-state index contributed by atoms with van der Waals surface area (Å²) in [5.41, 5.74) is 0.106. The summed E-state index contributed by atoms with van der Waals surface area (Å²) in [4.78, 5) is 33.8. The SMILES string of the molecule is COC(=O)C(C(=O)OC)[C@@H](C[N+](=O)[O-])c1ccccc1O. The van der Waals surface area contributed by atoms with Crippen LogP contribution in [0.5, 0.6) is 5.75 Å². The maximum atomic E-state index is 11.8. The number of para-hydroxylation sites is 1. The molecule has 0 bridgehead atoms. The monoisotopic (exact) mass is 297 g/mol. The molecular formula is C13H15NO7. The van der Waals surface area contributed by atoms with Crippen molar-refractivity contribution in [1.82, 2.24) is 0 Å². The highest BCUT2D eigenvalue weighted by molar-refractivity contribution is 5.96. The number of aromatic hydroxyl groups is 1. The summed E-state index contributed by atoms with van der Waals surface area (Å²) >= 11 is 0. The van der Waals surface area contributed by atoms with Gasteiger partial charge >= 0.3 is 11.9 Å². The van der Waals surface area contributed by atoms with Crippen LogP contribution in [0.15, 0.2) is 24.3 Å². The Balaban J connectivity index is 3.33. The molecule has 0 heterocycles. The highest BCUT2D eigenvalue weighted by atomic mass is 16.6. The lowest BCUT2D eigenvalue weighted by Crippen LogP contribution is -2.35. The zero-order valence-electron chi connectivity index (χ0n) is 11.5. The van der Waals surface area contributed by atoms with Crippen LogP contribution in [0.3, 0.4) is 0 Å². The first kappa shape index (κ1) is 16.4. The van der Waals surface area contributed by atoms with Gasteiger partial charge in [-0.1, -0.05) is 18.2 Å². The standard InChI is InChI=1S/C13H15NO7/c1-20-12(16)11(13(17)21-2)9(7-14(18)19)8-5-3-4-6-10(8)15/h3-6,9,11,15H,7H2,1-2H3/t9-/m0/s1. The third-order valence-corrected chi connectivity index (χ3v) is 2.99. The lowest BCUT2D eigenvalue weighted by atomic mass is 9.85. The molecule has 1 rings (SSSR count). The first-order chi connectivity index (χ1) is 9.92. The van der Waals surface area contributed by atoms with E-state index in [1.165, 1.54) is 24.3 Å². The van der Waals surface area contributed by atoms with Crippen LogP contribution in [0.1, 0.15) is 11.5 Å². The Bertz CT molecular complexity index is 527. The predicted molar refractivity (Wildman–Crippen MR) is 70.2 cm³/mol. The molecule has 0 fully saturated rings. The summed E-state index contributed by atoms with van der Waals surface area (Å²) in [7, 11) is 2.12. The van der Waals surface area contributed by atoms with Crippen molar-refractivity contribution in [1.29, 1.82) is 0 Å². The van der Waals surface area contributed by atoms with Gasteiger partial charge in [-0.2, -0.15) is 0 Å². The number of carbonyl (C=O) groups excluding carboxylic acids is 2. The van der Waals surface area contributed by atoms with Crippen molar-refractivity contribution in [3.05, 3.63) is 39.9 Å². The highest BCUT2D eigenvalue weighted by Crippen LogP contribution is 2.33. The van der Waals surface area contributed by atoms with Crippen LogP contribution in [0.2, 0.25) is 0 Å². The fourth-order valence-electron chi connectivity index (χ4n) is 2.02. The average molecular weight is 297 g/mol. The average Bonchev–Trinajstić information content (AvgIpc) is 2.46. The maximum Gasteiger partial charge on any atom is 0.320 e. The van der Waals surface area contributed by atoms with Crippen molar-refractivity contribution in [2.45, 2.75) is 5.92 Å². The number of rotatable bonds is 6. The third-order valence-electron chi connectivity index (χ3n) is 2.99. The van der Waals surface area contributed by atoms with Crippen molar-refractivity contribution < 1.29 is 29.1 Å². The van der Waals surface area contributed by atoms with Gasteiger partial charge in [0, 0.05) is 10.5 Å². The fourth-order valence-corrected chi connectivity index (χ4v) is 2.02. The Morgan fingerprint density at radius 1 is 1.24 bits per heavy atom. The molecule has 0 aliphatic carbocycles. The molecule has 0 aliphatic rings. The topological polar surface area (TPSA) is 116 Å². The summed E-state index contributed by atoms with van der Waals surface area (Å²) in [5, 5.41) is 20.7. The summed E-state index contributed by atoms with van der Waals surface area (Å²) in [6.45, 7) is -0.730. The second-order valence-electron chi connectivity index (χ2n) is 4.20. The van der Waals surface area contributed by atoms with Gasteiger partial charge in [0.05, 0.1) is 20.1 Å². The molecule has 114 valence electrons. The second-order valence-corrected chi connectivity index (χ2v) is 4.20. The molecule has 1 atom stereocenters. The highest BCUT2D eigenvalue weighted by Gasteiger charge is 2.41. The van der Waals surface area contributed by atoms with E-state index in [-0.39, 0.29) is 11.3 Å². The van der Waals surface area contributed by atoms with Crippen LogP contribution < -0.4 is 0 Å².